The molecule has 0 aromatic carbocycles. The first-order valence-corrected chi connectivity index (χ1v) is 29.1. The predicted molar refractivity (Wildman–Crippen MR) is 297 cm³/mol. The highest BCUT2D eigenvalue weighted by Crippen LogP contribution is 2.14. The van der Waals surface area contributed by atoms with Crippen LogP contribution < -0.4 is 0 Å². The summed E-state index contributed by atoms with van der Waals surface area (Å²) in [5, 5.41) is 0. The lowest BCUT2D eigenvalue weighted by Crippen LogP contribution is -2.30. The van der Waals surface area contributed by atoms with E-state index in [4.69, 9.17) is 14.2 Å². The molecule has 69 heavy (non-hydrogen) atoms. The molecule has 396 valence electrons. The van der Waals surface area contributed by atoms with Crippen LogP contribution in [0.4, 0.5) is 0 Å². The number of rotatable bonds is 52. The molecule has 0 radical (unpaired) electrons. The van der Waals surface area contributed by atoms with Crippen LogP contribution in [-0.2, 0) is 28.6 Å². The van der Waals surface area contributed by atoms with E-state index in [1.165, 1.54) is 109 Å². The van der Waals surface area contributed by atoms with Crippen LogP contribution in [0.5, 0.6) is 0 Å². The molecule has 6 nitrogen and oxygen atoms in total. The van der Waals surface area contributed by atoms with Crippen LogP contribution in [0.25, 0.3) is 0 Å². The first-order chi connectivity index (χ1) is 34.0. The van der Waals surface area contributed by atoms with Crippen molar-refractivity contribution in [1.29, 1.82) is 0 Å². The second kappa shape index (κ2) is 57.2. The van der Waals surface area contributed by atoms with Crippen molar-refractivity contribution < 1.29 is 28.6 Å². The molecule has 1 unspecified atom stereocenters. The number of hydrogen-bond donors (Lipinski definition) is 0. The Morgan fingerprint density at radius 2 is 0.565 bits per heavy atom. The van der Waals surface area contributed by atoms with Gasteiger partial charge in [-0.25, -0.2) is 0 Å². The van der Waals surface area contributed by atoms with Crippen molar-refractivity contribution in [3.05, 3.63) is 85.1 Å². The van der Waals surface area contributed by atoms with E-state index in [9.17, 15) is 14.4 Å². The number of allylic oxidation sites excluding steroid dienone is 14. The summed E-state index contributed by atoms with van der Waals surface area (Å²) in [6.45, 7) is 6.50. The molecule has 0 fully saturated rings. The van der Waals surface area contributed by atoms with E-state index in [2.05, 4.69) is 106 Å². The molecule has 0 saturated carbocycles. The van der Waals surface area contributed by atoms with Gasteiger partial charge in [0.2, 0.25) is 0 Å². The zero-order valence-corrected chi connectivity index (χ0v) is 45.3. The van der Waals surface area contributed by atoms with E-state index in [0.29, 0.717) is 19.3 Å². The molecule has 0 amide bonds. The Kier molecular flexibility index (Phi) is 54.3. The summed E-state index contributed by atoms with van der Waals surface area (Å²) in [6.07, 6.45) is 74.2. The molecule has 0 aromatic heterocycles. The zero-order chi connectivity index (χ0) is 50.0. The van der Waals surface area contributed by atoms with Gasteiger partial charge in [-0.2, -0.15) is 0 Å². The third-order valence-electron chi connectivity index (χ3n) is 12.4. The molecular formula is C63H108O6. The molecule has 0 aliphatic heterocycles. The maximum absolute atomic E-state index is 12.9. The number of hydrogen-bond acceptors (Lipinski definition) is 6. The summed E-state index contributed by atoms with van der Waals surface area (Å²) in [4.78, 5) is 38.2. The van der Waals surface area contributed by atoms with Crippen molar-refractivity contribution in [3.8, 4) is 0 Å². The van der Waals surface area contributed by atoms with Crippen molar-refractivity contribution in [2.45, 2.75) is 284 Å². The first kappa shape index (κ1) is 65.6. The van der Waals surface area contributed by atoms with Gasteiger partial charge in [-0.3, -0.25) is 14.4 Å². The monoisotopic (exact) mass is 961 g/mol. The van der Waals surface area contributed by atoms with Crippen LogP contribution in [0.3, 0.4) is 0 Å². The third kappa shape index (κ3) is 55.4. The highest BCUT2D eigenvalue weighted by atomic mass is 16.6. The molecule has 0 spiro atoms. The fourth-order valence-electron chi connectivity index (χ4n) is 7.99. The van der Waals surface area contributed by atoms with Crippen LogP contribution in [0.1, 0.15) is 278 Å². The Bertz CT molecular complexity index is 1330. The van der Waals surface area contributed by atoms with Gasteiger partial charge in [0.1, 0.15) is 13.2 Å². The van der Waals surface area contributed by atoms with Gasteiger partial charge in [-0.1, -0.05) is 228 Å². The van der Waals surface area contributed by atoms with Crippen molar-refractivity contribution in [3.63, 3.8) is 0 Å². The number of unbranched alkanes of at least 4 members (excludes halogenated alkanes) is 27. The normalized spacial score (nSPS) is 12.7. The molecule has 0 aliphatic carbocycles. The Morgan fingerprint density at radius 1 is 0.304 bits per heavy atom. The SMILES string of the molecule is CC/C=C\C/C=C\C/C=C\C/C=C\C/C=C\CCCCCCCC(=O)OCC(COC(=O)CCCCCCC/C=C\CCCCCCC)OC(=O)CCCCCCC/C=C\CCCCCCCCC. The summed E-state index contributed by atoms with van der Waals surface area (Å²) in [5.41, 5.74) is 0. The van der Waals surface area contributed by atoms with Crippen LogP contribution in [0.15, 0.2) is 85.1 Å². The summed E-state index contributed by atoms with van der Waals surface area (Å²) >= 11 is 0. The molecule has 6 heteroatoms. The smallest absolute Gasteiger partial charge is 0.306 e. The van der Waals surface area contributed by atoms with Crippen LogP contribution in [-0.4, -0.2) is 37.2 Å². The molecule has 0 aromatic rings. The summed E-state index contributed by atoms with van der Waals surface area (Å²) in [7, 11) is 0. The van der Waals surface area contributed by atoms with Crippen LogP contribution in [0, 0.1) is 0 Å². The molecule has 0 N–H and O–H groups in total. The maximum Gasteiger partial charge on any atom is 0.306 e. The van der Waals surface area contributed by atoms with E-state index in [-0.39, 0.29) is 31.1 Å². The predicted octanol–water partition coefficient (Wildman–Crippen LogP) is 19.5. The minimum absolute atomic E-state index is 0.0901. The van der Waals surface area contributed by atoms with Crippen molar-refractivity contribution in [1.82, 2.24) is 0 Å². The number of carbonyl (C=O) groups is 3. The summed E-state index contributed by atoms with van der Waals surface area (Å²) < 4.78 is 16.8. The van der Waals surface area contributed by atoms with E-state index in [1.54, 1.807) is 0 Å². The highest BCUT2D eigenvalue weighted by molar-refractivity contribution is 5.71. The van der Waals surface area contributed by atoms with E-state index < -0.39 is 6.10 Å². The number of carbonyl (C=O) groups excluding carboxylic acids is 3. The topological polar surface area (TPSA) is 78.9 Å². The summed E-state index contributed by atoms with van der Waals surface area (Å²) in [5.74, 6) is -0.920. The van der Waals surface area contributed by atoms with Gasteiger partial charge in [0.25, 0.3) is 0 Å². The van der Waals surface area contributed by atoms with Gasteiger partial charge in [-0.15, -0.1) is 0 Å². The number of ether oxygens (including phenoxy) is 3. The fourth-order valence-corrected chi connectivity index (χ4v) is 7.99. The highest BCUT2D eigenvalue weighted by Gasteiger charge is 2.19. The van der Waals surface area contributed by atoms with Crippen molar-refractivity contribution in [2.24, 2.45) is 0 Å². The van der Waals surface area contributed by atoms with Crippen molar-refractivity contribution in [2.75, 3.05) is 13.2 Å². The zero-order valence-electron chi connectivity index (χ0n) is 45.3. The van der Waals surface area contributed by atoms with Gasteiger partial charge >= 0.3 is 17.9 Å². The van der Waals surface area contributed by atoms with E-state index in [1.807, 2.05) is 0 Å². The van der Waals surface area contributed by atoms with E-state index in [0.717, 1.165) is 128 Å². The lowest BCUT2D eigenvalue weighted by atomic mass is 10.1. The summed E-state index contributed by atoms with van der Waals surface area (Å²) in [6, 6.07) is 0. The molecule has 0 heterocycles. The van der Waals surface area contributed by atoms with Crippen LogP contribution in [0.2, 0.25) is 0 Å². The second-order valence-electron chi connectivity index (χ2n) is 19.2. The van der Waals surface area contributed by atoms with E-state index >= 15 is 0 Å². The van der Waals surface area contributed by atoms with Crippen molar-refractivity contribution >= 4 is 17.9 Å². The molecule has 0 saturated heterocycles. The molecular weight excluding hydrogens is 853 g/mol. The standard InChI is InChI=1S/C63H108O6/c1-4-7-10-13-16-19-22-25-28-30-31-32-33-34-36-38-41-44-47-50-53-56-62(65)68-59-60(58-67-61(64)55-52-49-46-43-40-37-27-24-21-18-15-12-9-6-3)69-63(66)57-54-51-48-45-42-39-35-29-26-23-20-17-14-11-8-5-2/h7,10,16,19,24-25,27-29,31-32,34-36,60H,4-6,8-9,11-15,17-18,20-23,26,30,33,37-59H2,1-3H3/b10-7-,19-16-,27-24-,28-25-,32-31-,35-29-,36-34-. The molecule has 0 aliphatic rings. The average molecular weight is 962 g/mol. The minimum atomic E-state index is -0.793. The van der Waals surface area contributed by atoms with Gasteiger partial charge in [-0.05, 0) is 116 Å². The Morgan fingerprint density at radius 3 is 0.899 bits per heavy atom. The molecule has 0 bridgehead atoms. The van der Waals surface area contributed by atoms with Gasteiger partial charge < -0.3 is 14.2 Å². The minimum Gasteiger partial charge on any atom is -0.462 e. The Balaban J connectivity index is 4.43. The quantitative estimate of drug-likeness (QED) is 0.0262. The lowest BCUT2D eigenvalue weighted by Gasteiger charge is -2.18. The van der Waals surface area contributed by atoms with Gasteiger partial charge in [0.15, 0.2) is 6.10 Å². The van der Waals surface area contributed by atoms with Gasteiger partial charge in [0, 0.05) is 19.3 Å². The Hall–Kier alpha value is -3.41. The molecule has 1 atom stereocenters. The first-order valence-electron chi connectivity index (χ1n) is 29.1. The van der Waals surface area contributed by atoms with Crippen LogP contribution >= 0.6 is 0 Å². The average Bonchev–Trinajstić information content (AvgIpc) is 3.35. The molecule has 0 rings (SSSR count). The lowest BCUT2D eigenvalue weighted by molar-refractivity contribution is -0.167. The fraction of sp³-hybridized carbons (Fsp3) is 0.730. The Labute approximate surface area is 426 Å². The number of esters is 3. The largest absolute Gasteiger partial charge is 0.462 e. The maximum atomic E-state index is 12.9. The van der Waals surface area contributed by atoms with Gasteiger partial charge in [0.05, 0.1) is 0 Å². The second-order valence-corrected chi connectivity index (χ2v) is 19.2. The third-order valence-corrected chi connectivity index (χ3v) is 12.4.